The molecule has 1 aliphatic rings. The first kappa shape index (κ1) is 22.4. The van der Waals surface area contributed by atoms with Crippen LogP contribution in [0.4, 0.5) is 0 Å². The van der Waals surface area contributed by atoms with Crippen molar-refractivity contribution < 1.29 is 9.53 Å². The van der Waals surface area contributed by atoms with E-state index in [1.54, 1.807) is 0 Å². The summed E-state index contributed by atoms with van der Waals surface area (Å²) in [5.41, 5.74) is 3.31. The molecule has 1 fully saturated rings. The first-order valence-electron chi connectivity index (χ1n) is 12.6. The number of ether oxygens (including phenoxy) is 1. The zero-order valence-electron chi connectivity index (χ0n) is 20.2. The molecule has 1 aromatic heterocycles. The monoisotopic (exact) mass is 475 g/mol. The molecule has 1 aliphatic heterocycles. The fourth-order valence-corrected chi connectivity index (χ4v) is 5.28. The molecule has 0 N–H and O–H groups in total. The number of fused-ring (bicyclic) bond motifs is 2. The normalized spacial score (nSPS) is 15.7. The van der Waals surface area contributed by atoms with Gasteiger partial charge in [-0.1, -0.05) is 78.9 Å². The number of carbonyl (C=O) groups is 1. The Morgan fingerprint density at radius 3 is 2.53 bits per heavy atom. The SMILES string of the molecule is O=C1CC(c2nc3ccccc3n2CCOc2cccc3ccccc23)CN1CCc1ccccc1. The maximum Gasteiger partial charge on any atom is 0.223 e. The first-order chi connectivity index (χ1) is 17.8. The summed E-state index contributed by atoms with van der Waals surface area (Å²) >= 11 is 0. The maximum absolute atomic E-state index is 12.9. The van der Waals surface area contributed by atoms with Gasteiger partial charge in [0, 0.05) is 30.8 Å². The van der Waals surface area contributed by atoms with E-state index in [9.17, 15) is 4.79 Å². The number of rotatable bonds is 8. The van der Waals surface area contributed by atoms with Gasteiger partial charge < -0.3 is 14.2 Å². The van der Waals surface area contributed by atoms with Crippen molar-refractivity contribution in [1.82, 2.24) is 14.5 Å². The van der Waals surface area contributed by atoms with E-state index in [0.717, 1.165) is 41.0 Å². The summed E-state index contributed by atoms with van der Waals surface area (Å²) in [4.78, 5) is 19.9. The molecule has 36 heavy (non-hydrogen) atoms. The van der Waals surface area contributed by atoms with Crippen molar-refractivity contribution in [2.24, 2.45) is 0 Å². The fraction of sp³-hybridized carbons (Fsp3) is 0.226. The minimum atomic E-state index is 0.0817. The number of aromatic nitrogens is 2. The molecule has 5 aromatic rings. The lowest BCUT2D eigenvalue weighted by Gasteiger charge is -2.18. The highest BCUT2D eigenvalue weighted by Crippen LogP contribution is 2.31. The Morgan fingerprint density at radius 1 is 0.833 bits per heavy atom. The number of amides is 1. The molecule has 0 aliphatic carbocycles. The van der Waals surface area contributed by atoms with E-state index in [-0.39, 0.29) is 11.8 Å². The number of imidazole rings is 1. The third kappa shape index (κ3) is 4.44. The molecular weight excluding hydrogens is 446 g/mol. The number of likely N-dealkylation sites (tertiary alicyclic amines) is 1. The van der Waals surface area contributed by atoms with Crippen LogP contribution in [0, 0.1) is 0 Å². The number of hydrogen-bond acceptors (Lipinski definition) is 3. The van der Waals surface area contributed by atoms with Crippen LogP contribution < -0.4 is 4.74 Å². The van der Waals surface area contributed by atoms with Crippen LogP contribution in [0.15, 0.2) is 97.1 Å². The molecule has 0 radical (unpaired) electrons. The molecule has 2 heterocycles. The average Bonchev–Trinajstić information content (AvgIpc) is 3.48. The second kappa shape index (κ2) is 9.86. The van der Waals surface area contributed by atoms with Gasteiger partial charge in [-0.25, -0.2) is 4.98 Å². The van der Waals surface area contributed by atoms with Crippen LogP contribution in [0.3, 0.4) is 0 Å². The molecule has 0 saturated carbocycles. The van der Waals surface area contributed by atoms with Crippen LogP contribution in [0.2, 0.25) is 0 Å². The number of nitrogens with zero attached hydrogens (tertiary/aromatic N) is 3. The van der Waals surface area contributed by atoms with Crippen molar-refractivity contribution in [1.29, 1.82) is 0 Å². The molecule has 1 atom stereocenters. The largest absolute Gasteiger partial charge is 0.491 e. The van der Waals surface area contributed by atoms with Gasteiger partial charge in [-0.05, 0) is 35.6 Å². The van der Waals surface area contributed by atoms with E-state index in [4.69, 9.17) is 9.72 Å². The van der Waals surface area contributed by atoms with Gasteiger partial charge in [-0.2, -0.15) is 0 Å². The van der Waals surface area contributed by atoms with Crippen LogP contribution in [-0.2, 0) is 17.8 Å². The predicted molar refractivity (Wildman–Crippen MR) is 143 cm³/mol. The zero-order chi connectivity index (χ0) is 24.3. The lowest BCUT2D eigenvalue weighted by atomic mass is 10.1. The van der Waals surface area contributed by atoms with Gasteiger partial charge in [-0.15, -0.1) is 0 Å². The van der Waals surface area contributed by atoms with Crippen LogP contribution in [0.25, 0.3) is 21.8 Å². The summed E-state index contributed by atoms with van der Waals surface area (Å²) in [7, 11) is 0. The van der Waals surface area contributed by atoms with Gasteiger partial charge in [0.25, 0.3) is 0 Å². The van der Waals surface area contributed by atoms with Gasteiger partial charge in [0.15, 0.2) is 0 Å². The Bertz CT molecular complexity index is 1500. The lowest BCUT2D eigenvalue weighted by molar-refractivity contribution is -0.127. The van der Waals surface area contributed by atoms with E-state index >= 15 is 0 Å². The van der Waals surface area contributed by atoms with E-state index in [0.29, 0.717) is 26.1 Å². The van der Waals surface area contributed by atoms with E-state index in [1.165, 1.54) is 10.9 Å². The molecular formula is C31H29N3O2. The second-order valence-electron chi connectivity index (χ2n) is 9.41. The average molecular weight is 476 g/mol. The molecule has 0 bridgehead atoms. The summed E-state index contributed by atoms with van der Waals surface area (Å²) in [5.74, 6) is 2.16. The molecule has 180 valence electrons. The molecule has 1 saturated heterocycles. The number of hydrogen-bond donors (Lipinski definition) is 0. The molecule has 1 amide bonds. The highest BCUT2D eigenvalue weighted by atomic mass is 16.5. The summed E-state index contributed by atoms with van der Waals surface area (Å²) < 4.78 is 8.51. The summed E-state index contributed by atoms with van der Waals surface area (Å²) in [6, 6.07) is 33.0. The van der Waals surface area contributed by atoms with E-state index < -0.39 is 0 Å². The lowest BCUT2D eigenvalue weighted by Crippen LogP contribution is -2.27. The Kier molecular flexibility index (Phi) is 6.12. The molecule has 1 unspecified atom stereocenters. The predicted octanol–water partition coefficient (Wildman–Crippen LogP) is 5.83. The van der Waals surface area contributed by atoms with Crippen LogP contribution in [-0.4, -0.2) is 40.1 Å². The van der Waals surface area contributed by atoms with Crippen LogP contribution >= 0.6 is 0 Å². The highest BCUT2D eigenvalue weighted by Gasteiger charge is 2.33. The molecule has 0 spiro atoms. The Balaban J connectivity index is 1.20. The smallest absolute Gasteiger partial charge is 0.223 e. The van der Waals surface area contributed by atoms with Gasteiger partial charge >= 0.3 is 0 Å². The van der Waals surface area contributed by atoms with Crippen molar-refractivity contribution in [2.75, 3.05) is 19.7 Å². The minimum Gasteiger partial charge on any atom is -0.491 e. The van der Waals surface area contributed by atoms with Crippen LogP contribution in [0.5, 0.6) is 5.75 Å². The van der Waals surface area contributed by atoms with Crippen molar-refractivity contribution in [3.8, 4) is 5.75 Å². The van der Waals surface area contributed by atoms with Crippen molar-refractivity contribution >= 4 is 27.7 Å². The van der Waals surface area contributed by atoms with E-state index in [2.05, 4.69) is 41.0 Å². The van der Waals surface area contributed by atoms with Gasteiger partial charge in [-0.3, -0.25) is 4.79 Å². The fourth-order valence-electron chi connectivity index (χ4n) is 5.28. The third-order valence-corrected chi connectivity index (χ3v) is 7.10. The Morgan fingerprint density at radius 2 is 1.61 bits per heavy atom. The van der Waals surface area contributed by atoms with Gasteiger partial charge in [0.2, 0.25) is 5.91 Å². The van der Waals surface area contributed by atoms with Crippen LogP contribution in [0.1, 0.15) is 23.7 Å². The van der Waals surface area contributed by atoms with Gasteiger partial charge in [0.1, 0.15) is 18.2 Å². The minimum absolute atomic E-state index is 0.0817. The molecule has 5 nitrogen and oxygen atoms in total. The Labute approximate surface area is 210 Å². The number of para-hydroxylation sites is 2. The molecule has 6 rings (SSSR count). The first-order valence-corrected chi connectivity index (χ1v) is 12.6. The molecule has 5 heteroatoms. The highest BCUT2D eigenvalue weighted by molar-refractivity contribution is 5.88. The van der Waals surface area contributed by atoms with Crippen molar-refractivity contribution in [3.63, 3.8) is 0 Å². The summed E-state index contributed by atoms with van der Waals surface area (Å²) in [6.07, 6.45) is 1.37. The summed E-state index contributed by atoms with van der Waals surface area (Å²) in [5, 5.41) is 2.29. The van der Waals surface area contributed by atoms with Crippen molar-refractivity contribution in [3.05, 3.63) is 108 Å². The maximum atomic E-state index is 12.9. The quantitative estimate of drug-likeness (QED) is 0.284. The topological polar surface area (TPSA) is 47.4 Å². The number of benzene rings is 4. The van der Waals surface area contributed by atoms with E-state index in [1.807, 2.05) is 65.6 Å². The van der Waals surface area contributed by atoms with Crippen molar-refractivity contribution in [2.45, 2.75) is 25.3 Å². The van der Waals surface area contributed by atoms with Gasteiger partial charge in [0.05, 0.1) is 17.6 Å². The third-order valence-electron chi connectivity index (χ3n) is 7.10. The molecule has 4 aromatic carbocycles. The zero-order valence-corrected chi connectivity index (χ0v) is 20.2. The standard InChI is InChI=1S/C31H29N3O2/c35-30-21-25(22-33(30)18-17-23-9-2-1-3-10-23)31-32-27-14-6-7-15-28(27)34(31)19-20-36-29-16-8-12-24-11-4-5-13-26(24)29/h1-16,25H,17-22H2. The summed E-state index contributed by atoms with van der Waals surface area (Å²) in [6.45, 7) is 2.65. The second-order valence-corrected chi connectivity index (χ2v) is 9.41. The number of carbonyl (C=O) groups excluding carboxylic acids is 1. The Hall–Kier alpha value is -4.12.